The monoisotopic (exact) mass is 484 g/mol. The van der Waals surface area contributed by atoms with Crippen LogP contribution in [-0.2, 0) is 9.98 Å². The molecule has 2 aromatic carbocycles. The van der Waals surface area contributed by atoms with Gasteiger partial charge < -0.3 is 14.0 Å². The van der Waals surface area contributed by atoms with Gasteiger partial charge in [-0.25, -0.2) is 0 Å². The number of carbonyl (C=O) groups excluding carboxylic acids is 2. The van der Waals surface area contributed by atoms with Crippen LogP contribution in [0.25, 0.3) is 0 Å². The standard InChI is InChI=1S/C28H37O5P/c1-18-13-16-23(28(3,4)5)19(2)25(18)27(30)34(31,21-11-9-8-10-12-21)26(29)22-15-14-20(32-6)17-24(22)33-7/h13-17,21H,8-12H2,1-7H3. The van der Waals surface area contributed by atoms with Crippen LogP contribution in [-0.4, -0.2) is 30.9 Å². The Morgan fingerprint density at radius 1 is 0.912 bits per heavy atom. The molecule has 1 unspecified atom stereocenters. The van der Waals surface area contributed by atoms with Gasteiger partial charge in [-0.05, 0) is 60.9 Å². The van der Waals surface area contributed by atoms with E-state index in [2.05, 4.69) is 20.8 Å². The van der Waals surface area contributed by atoms with Crippen LogP contribution in [0.4, 0.5) is 0 Å². The predicted octanol–water partition coefficient (Wildman–Crippen LogP) is 7.29. The number of hydrogen-bond acceptors (Lipinski definition) is 5. The zero-order valence-electron chi connectivity index (χ0n) is 21.5. The SMILES string of the molecule is COc1ccc(C(=O)P(=O)(C(=O)c2c(C)ccc(C(C)(C)C)c2C)C2CCCCC2)c(OC)c1. The largest absolute Gasteiger partial charge is 0.497 e. The molecular formula is C28H37O5P. The Morgan fingerprint density at radius 3 is 2.12 bits per heavy atom. The smallest absolute Gasteiger partial charge is 0.232 e. The summed E-state index contributed by atoms with van der Waals surface area (Å²) < 4.78 is 25.6. The molecule has 184 valence electrons. The van der Waals surface area contributed by atoms with Crippen molar-refractivity contribution in [2.24, 2.45) is 0 Å². The lowest BCUT2D eigenvalue weighted by Gasteiger charge is -2.31. The van der Waals surface area contributed by atoms with E-state index in [0.717, 1.165) is 36.0 Å². The second-order valence-electron chi connectivity index (χ2n) is 10.3. The Labute approximate surface area is 203 Å². The van der Waals surface area contributed by atoms with Gasteiger partial charge in [0.25, 0.3) is 0 Å². The van der Waals surface area contributed by atoms with Crippen LogP contribution in [0.15, 0.2) is 30.3 Å². The Bertz CT molecular complexity index is 1140. The van der Waals surface area contributed by atoms with Crippen molar-refractivity contribution in [3.63, 3.8) is 0 Å². The fourth-order valence-electron chi connectivity index (χ4n) is 5.18. The Hall–Kier alpha value is -2.39. The third kappa shape index (κ3) is 4.73. The molecule has 5 nitrogen and oxygen atoms in total. The van der Waals surface area contributed by atoms with Gasteiger partial charge in [0.1, 0.15) is 11.5 Å². The van der Waals surface area contributed by atoms with Gasteiger partial charge in [0.05, 0.1) is 19.8 Å². The molecule has 1 aliphatic carbocycles. The summed E-state index contributed by atoms with van der Waals surface area (Å²) in [6.45, 7) is 10.0. The molecule has 1 atom stereocenters. The molecule has 1 fully saturated rings. The van der Waals surface area contributed by atoms with Gasteiger partial charge in [0.15, 0.2) is 0 Å². The van der Waals surface area contributed by atoms with Gasteiger partial charge in [-0.3, -0.25) is 9.59 Å². The highest BCUT2D eigenvalue weighted by Gasteiger charge is 2.49. The molecule has 1 saturated carbocycles. The molecule has 0 aromatic heterocycles. The van der Waals surface area contributed by atoms with Crippen LogP contribution in [0, 0.1) is 13.8 Å². The molecule has 0 heterocycles. The second kappa shape index (κ2) is 10.1. The number of rotatable bonds is 7. The fraction of sp³-hybridized carbons (Fsp3) is 0.500. The number of benzene rings is 2. The van der Waals surface area contributed by atoms with Gasteiger partial charge in [0.2, 0.25) is 18.2 Å². The minimum Gasteiger partial charge on any atom is -0.497 e. The molecule has 0 amide bonds. The van der Waals surface area contributed by atoms with Gasteiger partial charge in [-0.15, -0.1) is 0 Å². The van der Waals surface area contributed by atoms with Gasteiger partial charge in [-0.2, -0.15) is 0 Å². The molecule has 0 saturated heterocycles. The highest BCUT2D eigenvalue weighted by Crippen LogP contribution is 2.61. The number of hydrogen-bond donors (Lipinski definition) is 0. The van der Waals surface area contributed by atoms with E-state index in [1.807, 2.05) is 26.0 Å². The van der Waals surface area contributed by atoms with Crippen molar-refractivity contribution in [2.75, 3.05) is 14.2 Å². The van der Waals surface area contributed by atoms with Crippen LogP contribution < -0.4 is 9.47 Å². The van der Waals surface area contributed by atoms with Gasteiger partial charge >= 0.3 is 0 Å². The van der Waals surface area contributed by atoms with Crippen molar-refractivity contribution in [3.05, 3.63) is 58.1 Å². The third-order valence-corrected chi connectivity index (χ3v) is 10.2. The number of aryl methyl sites for hydroxylation is 1. The van der Waals surface area contributed by atoms with Crippen molar-refractivity contribution >= 4 is 18.2 Å². The third-order valence-electron chi connectivity index (χ3n) is 7.03. The van der Waals surface area contributed by atoms with E-state index in [9.17, 15) is 14.2 Å². The van der Waals surface area contributed by atoms with Gasteiger partial charge in [-0.1, -0.05) is 52.2 Å². The summed E-state index contributed by atoms with van der Waals surface area (Å²) in [5.74, 6) is 0.793. The molecule has 6 heteroatoms. The maximum atomic E-state index is 14.9. The molecule has 0 N–H and O–H groups in total. The summed E-state index contributed by atoms with van der Waals surface area (Å²) in [6, 6.07) is 8.74. The van der Waals surface area contributed by atoms with Crippen molar-refractivity contribution in [3.8, 4) is 11.5 Å². The number of methoxy groups -OCH3 is 2. The first-order chi connectivity index (χ1) is 16.0. The lowest BCUT2D eigenvalue weighted by Crippen LogP contribution is -2.26. The van der Waals surface area contributed by atoms with Crippen molar-refractivity contribution in [2.45, 2.75) is 77.8 Å². The average Bonchev–Trinajstić information content (AvgIpc) is 2.82. The zero-order valence-corrected chi connectivity index (χ0v) is 22.4. The second-order valence-corrected chi connectivity index (χ2v) is 13.2. The fourth-order valence-corrected chi connectivity index (χ4v) is 8.34. The zero-order chi connectivity index (χ0) is 25.3. The Kier molecular flexibility index (Phi) is 7.77. The van der Waals surface area contributed by atoms with Crippen LogP contribution >= 0.6 is 7.14 Å². The minimum atomic E-state index is -4.01. The van der Waals surface area contributed by atoms with Gasteiger partial charge in [0, 0.05) is 17.3 Å². The lowest BCUT2D eigenvalue weighted by molar-refractivity contribution is 0.103. The quantitative estimate of drug-likeness (QED) is 0.386. The summed E-state index contributed by atoms with van der Waals surface area (Å²) >= 11 is 0. The maximum Gasteiger partial charge on any atom is 0.232 e. The van der Waals surface area contributed by atoms with Crippen LogP contribution in [0.3, 0.4) is 0 Å². The normalized spacial score (nSPS) is 16.6. The van der Waals surface area contributed by atoms with E-state index in [-0.39, 0.29) is 16.7 Å². The molecule has 34 heavy (non-hydrogen) atoms. The molecule has 2 aromatic rings. The topological polar surface area (TPSA) is 69.7 Å². The minimum absolute atomic E-state index is 0.174. The summed E-state index contributed by atoms with van der Waals surface area (Å²) in [4.78, 5) is 28.3. The van der Waals surface area contributed by atoms with Crippen LogP contribution in [0.5, 0.6) is 11.5 Å². The maximum absolute atomic E-state index is 14.9. The van der Waals surface area contributed by atoms with Crippen molar-refractivity contribution < 1.29 is 23.6 Å². The highest BCUT2D eigenvalue weighted by molar-refractivity contribution is 7.96. The van der Waals surface area contributed by atoms with E-state index < -0.39 is 23.8 Å². The van der Waals surface area contributed by atoms with Crippen molar-refractivity contribution in [1.82, 2.24) is 0 Å². The van der Waals surface area contributed by atoms with E-state index >= 15 is 0 Å². The van der Waals surface area contributed by atoms with Crippen molar-refractivity contribution in [1.29, 1.82) is 0 Å². The summed E-state index contributed by atoms with van der Waals surface area (Å²) in [7, 11) is -1.02. The first-order valence-electron chi connectivity index (χ1n) is 12.0. The lowest BCUT2D eigenvalue weighted by atomic mass is 9.82. The Balaban J connectivity index is 2.23. The molecule has 0 radical (unpaired) electrons. The molecule has 0 spiro atoms. The van der Waals surface area contributed by atoms with E-state index in [1.165, 1.54) is 14.2 Å². The van der Waals surface area contributed by atoms with Crippen LogP contribution in [0.1, 0.15) is 90.3 Å². The molecule has 0 bridgehead atoms. The average molecular weight is 485 g/mol. The number of ether oxygens (including phenoxy) is 2. The first kappa shape index (κ1) is 26.2. The summed E-state index contributed by atoms with van der Waals surface area (Å²) in [5, 5.41) is 0. The van der Waals surface area contributed by atoms with E-state index in [0.29, 0.717) is 24.2 Å². The van der Waals surface area contributed by atoms with Crippen LogP contribution in [0.2, 0.25) is 0 Å². The summed E-state index contributed by atoms with van der Waals surface area (Å²) in [6.07, 6.45) is 4.00. The van der Waals surface area contributed by atoms with E-state index in [1.54, 1.807) is 18.2 Å². The molecule has 3 rings (SSSR count). The molecular weight excluding hydrogens is 447 g/mol. The molecule has 1 aliphatic rings. The first-order valence-corrected chi connectivity index (χ1v) is 13.8. The Morgan fingerprint density at radius 2 is 1.56 bits per heavy atom. The summed E-state index contributed by atoms with van der Waals surface area (Å²) in [5.41, 5.74) is 1.42. The number of carbonyl (C=O) groups is 2. The highest BCUT2D eigenvalue weighted by atomic mass is 31.2. The molecule has 0 aliphatic heterocycles. The van der Waals surface area contributed by atoms with E-state index in [4.69, 9.17) is 9.47 Å². The predicted molar refractivity (Wildman–Crippen MR) is 137 cm³/mol.